The molecule has 0 aliphatic heterocycles. The van der Waals surface area contributed by atoms with Gasteiger partial charge in [-0.15, -0.1) is 0 Å². The van der Waals surface area contributed by atoms with Crippen LogP contribution in [0.5, 0.6) is 0 Å². The number of pyridine rings is 1. The molecule has 2 N–H and O–H groups in total. The van der Waals surface area contributed by atoms with E-state index < -0.39 is 0 Å². The van der Waals surface area contributed by atoms with E-state index in [1.165, 1.54) is 0 Å². The summed E-state index contributed by atoms with van der Waals surface area (Å²) < 4.78 is 2.72. The number of hydrogen-bond donors (Lipinski definition) is 2. The summed E-state index contributed by atoms with van der Waals surface area (Å²) in [5, 5.41) is 12.8. The van der Waals surface area contributed by atoms with Crippen LogP contribution in [0, 0.1) is 0 Å². The highest BCUT2D eigenvalue weighted by Gasteiger charge is 2.15. The molecule has 19 heavy (non-hydrogen) atoms. The molecule has 1 aromatic heterocycles. The third kappa shape index (κ3) is 4.02. The van der Waals surface area contributed by atoms with Crippen LogP contribution < -0.4 is 5.32 Å². The van der Waals surface area contributed by atoms with Gasteiger partial charge in [-0.3, -0.25) is 4.98 Å². The molecule has 0 aliphatic carbocycles. The van der Waals surface area contributed by atoms with Crippen LogP contribution in [-0.4, -0.2) is 16.7 Å². The number of aromatic nitrogens is 1. The molecule has 0 bridgehead atoms. The Morgan fingerprint density at radius 2 is 1.95 bits per heavy atom. The molecule has 6 heteroatoms. The van der Waals surface area contributed by atoms with Crippen LogP contribution in [0.25, 0.3) is 0 Å². The SMILES string of the molecule is OCC(Nc1cccc(Br)c1)c1ncc(Br)cc1Br. The maximum absolute atomic E-state index is 9.56. The fourth-order valence-corrected chi connectivity index (χ4v) is 3.32. The number of benzene rings is 1. The van der Waals surface area contributed by atoms with E-state index in [1.807, 2.05) is 30.3 Å². The summed E-state index contributed by atoms with van der Waals surface area (Å²) in [5.41, 5.74) is 1.69. The molecule has 0 amide bonds. The molecule has 1 unspecified atom stereocenters. The Kier molecular flexibility index (Phi) is 5.38. The number of rotatable bonds is 4. The van der Waals surface area contributed by atoms with Gasteiger partial charge in [-0.05, 0) is 56.1 Å². The maximum atomic E-state index is 9.56. The van der Waals surface area contributed by atoms with Crippen molar-refractivity contribution in [2.24, 2.45) is 0 Å². The van der Waals surface area contributed by atoms with Gasteiger partial charge in [0.2, 0.25) is 0 Å². The average Bonchev–Trinajstić information content (AvgIpc) is 2.37. The first-order chi connectivity index (χ1) is 9.10. The third-order valence-corrected chi connectivity index (χ3v) is 4.08. The summed E-state index contributed by atoms with van der Waals surface area (Å²) >= 11 is 10.2. The molecule has 0 saturated carbocycles. The molecule has 1 heterocycles. The first kappa shape index (κ1) is 15.0. The first-order valence-corrected chi connectivity index (χ1v) is 7.92. The fraction of sp³-hybridized carbons (Fsp3) is 0.154. The Morgan fingerprint density at radius 1 is 1.16 bits per heavy atom. The molecule has 0 spiro atoms. The van der Waals surface area contributed by atoms with E-state index >= 15 is 0 Å². The van der Waals surface area contributed by atoms with Crippen molar-refractivity contribution in [2.45, 2.75) is 6.04 Å². The van der Waals surface area contributed by atoms with E-state index in [0.717, 1.165) is 24.8 Å². The molecule has 3 nitrogen and oxygen atoms in total. The Balaban J connectivity index is 2.25. The molecule has 0 fully saturated rings. The lowest BCUT2D eigenvalue weighted by Gasteiger charge is -2.18. The van der Waals surface area contributed by atoms with E-state index in [9.17, 15) is 5.11 Å². The predicted molar refractivity (Wildman–Crippen MR) is 87.2 cm³/mol. The van der Waals surface area contributed by atoms with Gasteiger partial charge in [0.05, 0.1) is 18.3 Å². The molecule has 2 rings (SSSR count). The number of aliphatic hydroxyl groups is 1. The molecule has 1 aromatic carbocycles. The fourth-order valence-electron chi connectivity index (χ4n) is 1.66. The summed E-state index contributed by atoms with van der Waals surface area (Å²) in [7, 11) is 0. The van der Waals surface area contributed by atoms with Crippen LogP contribution in [0.2, 0.25) is 0 Å². The van der Waals surface area contributed by atoms with Crippen LogP contribution in [0.1, 0.15) is 11.7 Å². The lowest BCUT2D eigenvalue weighted by Crippen LogP contribution is -2.16. The van der Waals surface area contributed by atoms with Crippen molar-refractivity contribution < 1.29 is 5.11 Å². The Labute approximate surface area is 136 Å². The van der Waals surface area contributed by atoms with Crippen LogP contribution >= 0.6 is 47.8 Å². The topological polar surface area (TPSA) is 45.1 Å². The second-order valence-electron chi connectivity index (χ2n) is 3.91. The summed E-state index contributed by atoms with van der Waals surface area (Å²) in [6.07, 6.45) is 1.71. The van der Waals surface area contributed by atoms with Crippen molar-refractivity contribution in [1.29, 1.82) is 0 Å². The molecule has 0 aliphatic rings. The van der Waals surface area contributed by atoms with E-state index in [1.54, 1.807) is 6.20 Å². The highest BCUT2D eigenvalue weighted by Crippen LogP contribution is 2.27. The van der Waals surface area contributed by atoms with Crippen molar-refractivity contribution in [3.05, 3.63) is 55.6 Å². The van der Waals surface area contributed by atoms with Gasteiger partial charge in [0, 0.05) is 25.3 Å². The van der Waals surface area contributed by atoms with Gasteiger partial charge >= 0.3 is 0 Å². The number of anilines is 1. The summed E-state index contributed by atoms with van der Waals surface area (Å²) in [6.45, 7) is -0.0419. The van der Waals surface area contributed by atoms with Gasteiger partial charge in [-0.1, -0.05) is 22.0 Å². The molecular weight excluding hydrogens is 440 g/mol. The molecule has 1 atom stereocenters. The minimum atomic E-state index is -0.267. The van der Waals surface area contributed by atoms with Crippen LogP contribution in [0.15, 0.2) is 49.9 Å². The van der Waals surface area contributed by atoms with E-state index in [4.69, 9.17) is 0 Å². The number of hydrogen-bond acceptors (Lipinski definition) is 3. The molecule has 100 valence electrons. The lowest BCUT2D eigenvalue weighted by molar-refractivity contribution is 0.274. The van der Waals surface area contributed by atoms with Crippen LogP contribution in [-0.2, 0) is 0 Å². The van der Waals surface area contributed by atoms with Crippen molar-refractivity contribution in [3.63, 3.8) is 0 Å². The minimum Gasteiger partial charge on any atom is -0.394 e. The van der Waals surface area contributed by atoms with Crippen LogP contribution in [0.3, 0.4) is 0 Å². The first-order valence-electron chi connectivity index (χ1n) is 5.54. The molecule has 0 saturated heterocycles. The standard InChI is InChI=1S/C13H11Br3N2O/c14-8-2-1-3-10(4-8)18-12(7-19)13-11(16)5-9(15)6-17-13/h1-6,12,18-19H,7H2. The van der Waals surface area contributed by atoms with Crippen molar-refractivity contribution in [2.75, 3.05) is 11.9 Å². The largest absolute Gasteiger partial charge is 0.394 e. The van der Waals surface area contributed by atoms with Crippen molar-refractivity contribution >= 4 is 53.5 Å². The van der Waals surface area contributed by atoms with Crippen LogP contribution in [0.4, 0.5) is 5.69 Å². The van der Waals surface area contributed by atoms with Gasteiger partial charge < -0.3 is 10.4 Å². The van der Waals surface area contributed by atoms with E-state index in [-0.39, 0.29) is 12.6 Å². The minimum absolute atomic E-state index is 0.0419. The molecule has 0 radical (unpaired) electrons. The average molecular weight is 451 g/mol. The van der Waals surface area contributed by atoms with E-state index in [2.05, 4.69) is 58.1 Å². The monoisotopic (exact) mass is 448 g/mol. The van der Waals surface area contributed by atoms with Crippen molar-refractivity contribution in [3.8, 4) is 0 Å². The zero-order valence-corrected chi connectivity index (χ0v) is 14.5. The molecule has 2 aromatic rings. The zero-order valence-electron chi connectivity index (χ0n) is 9.78. The second kappa shape index (κ2) is 6.83. The number of halogens is 3. The quantitative estimate of drug-likeness (QED) is 0.720. The maximum Gasteiger partial charge on any atom is 0.0929 e. The lowest BCUT2D eigenvalue weighted by atomic mass is 10.2. The van der Waals surface area contributed by atoms with Gasteiger partial charge in [-0.25, -0.2) is 0 Å². The Hall–Kier alpha value is -0.430. The van der Waals surface area contributed by atoms with E-state index in [0.29, 0.717) is 0 Å². The highest BCUT2D eigenvalue weighted by molar-refractivity contribution is 9.11. The Bertz CT molecular complexity index is 578. The van der Waals surface area contributed by atoms with Gasteiger partial charge in [-0.2, -0.15) is 0 Å². The third-order valence-electron chi connectivity index (χ3n) is 2.51. The normalized spacial score (nSPS) is 12.2. The smallest absolute Gasteiger partial charge is 0.0929 e. The second-order valence-corrected chi connectivity index (χ2v) is 6.60. The summed E-state index contributed by atoms with van der Waals surface area (Å²) in [5.74, 6) is 0. The number of aliphatic hydroxyl groups excluding tert-OH is 1. The highest BCUT2D eigenvalue weighted by atomic mass is 79.9. The summed E-state index contributed by atoms with van der Waals surface area (Å²) in [6, 6.07) is 9.43. The summed E-state index contributed by atoms with van der Waals surface area (Å²) in [4.78, 5) is 4.34. The number of nitrogens with one attached hydrogen (secondary N) is 1. The van der Waals surface area contributed by atoms with Gasteiger partial charge in [0.15, 0.2) is 0 Å². The van der Waals surface area contributed by atoms with Gasteiger partial charge in [0.1, 0.15) is 0 Å². The zero-order chi connectivity index (χ0) is 13.8. The van der Waals surface area contributed by atoms with Crippen molar-refractivity contribution in [1.82, 2.24) is 4.98 Å². The predicted octanol–water partition coefficient (Wildman–Crippen LogP) is 4.51. The Morgan fingerprint density at radius 3 is 2.58 bits per heavy atom. The molecular formula is C13H11Br3N2O. The number of nitrogens with zero attached hydrogens (tertiary/aromatic N) is 1. The van der Waals surface area contributed by atoms with Gasteiger partial charge in [0.25, 0.3) is 0 Å².